The number of rotatable bonds is 4. The van der Waals surface area contributed by atoms with Gasteiger partial charge in [-0.15, -0.1) is 0 Å². The van der Waals surface area contributed by atoms with E-state index in [0.717, 1.165) is 29.5 Å². The molecule has 0 saturated carbocycles. The van der Waals surface area contributed by atoms with Gasteiger partial charge in [-0.1, -0.05) is 12.1 Å². The number of piperazine rings is 1. The van der Waals surface area contributed by atoms with E-state index in [4.69, 9.17) is 4.74 Å². The molecule has 0 radical (unpaired) electrons. The minimum absolute atomic E-state index is 0.0378. The lowest BCUT2D eigenvalue weighted by atomic mass is 10.1. The van der Waals surface area contributed by atoms with Crippen LogP contribution in [-0.2, 0) is 11.2 Å². The number of hydrogen-bond acceptors (Lipinski definition) is 3. The van der Waals surface area contributed by atoms with Gasteiger partial charge in [-0.3, -0.25) is 9.59 Å². The monoisotopic (exact) mass is 374 g/mol. The molecule has 1 heterocycles. The Balaban J connectivity index is 1.57. The Kier molecular flexibility index (Phi) is 5.69. The molecule has 2 amide bonds. The van der Waals surface area contributed by atoms with E-state index in [1.165, 1.54) is 4.90 Å². The number of ether oxygens (including phenoxy) is 1. The number of hydrogen-bond donors (Lipinski definition) is 0. The predicted molar refractivity (Wildman–Crippen MR) is 95.5 cm³/mol. The third-order valence-electron chi connectivity index (χ3n) is 4.59. The van der Waals surface area contributed by atoms with Crippen molar-refractivity contribution in [1.29, 1.82) is 0 Å². The Hall–Kier alpha value is -2.96. The van der Waals surface area contributed by atoms with Gasteiger partial charge >= 0.3 is 0 Å². The molecule has 0 spiro atoms. The van der Waals surface area contributed by atoms with Gasteiger partial charge in [0.2, 0.25) is 5.91 Å². The molecule has 0 bridgehead atoms. The molecule has 1 aliphatic heterocycles. The second-order valence-corrected chi connectivity index (χ2v) is 6.32. The summed E-state index contributed by atoms with van der Waals surface area (Å²) in [6.07, 6.45) is 0.260. The summed E-state index contributed by atoms with van der Waals surface area (Å²) in [6.45, 7) is 1.28. The smallest absolute Gasteiger partial charge is 0.257 e. The molecule has 2 aromatic carbocycles. The van der Waals surface area contributed by atoms with Gasteiger partial charge in [0.05, 0.1) is 19.1 Å². The third-order valence-corrected chi connectivity index (χ3v) is 4.59. The van der Waals surface area contributed by atoms with Crippen LogP contribution < -0.4 is 4.74 Å². The molecule has 27 heavy (non-hydrogen) atoms. The molecule has 0 unspecified atom stereocenters. The molecule has 1 aliphatic rings. The molecule has 142 valence electrons. The fourth-order valence-electron chi connectivity index (χ4n) is 3.02. The predicted octanol–water partition coefficient (Wildman–Crippen LogP) is 2.50. The minimum atomic E-state index is -0.751. The summed E-state index contributed by atoms with van der Waals surface area (Å²) in [5.74, 6) is -1.28. The minimum Gasteiger partial charge on any atom is -0.497 e. The van der Waals surface area contributed by atoms with E-state index < -0.39 is 17.5 Å². The average molecular weight is 374 g/mol. The number of carbonyl (C=O) groups excluding carboxylic acids is 2. The van der Waals surface area contributed by atoms with Crippen LogP contribution >= 0.6 is 0 Å². The highest BCUT2D eigenvalue weighted by Crippen LogP contribution is 2.16. The van der Waals surface area contributed by atoms with Crippen molar-refractivity contribution in [2.45, 2.75) is 6.42 Å². The molecule has 7 heteroatoms. The van der Waals surface area contributed by atoms with Crippen LogP contribution in [0.15, 0.2) is 42.5 Å². The van der Waals surface area contributed by atoms with Crippen molar-refractivity contribution in [2.75, 3.05) is 33.3 Å². The fourth-order valence-corrected chi connectivity index (χ4v) is 3.02. The zero-order chi connectivity index (χ0) is 19.4. The summed E-state index contributed by atoms with van der Waals surface area (Å²) < 4.78 is 32.2. The molecule has 0 aliphatic carbocycles. The quantitative estimate of drug-likeness (QED) is 0.826. The van der Waals surface area contributed by atoms with Crippen molar-refractivity contribution in [3.63, 3.8) is 0 Å². The van der Waals surface area contributed by atoms with E-state index in [0.29, 0.717) is 13.1 Å². The summed E-state index contributed by atoms with van der Waals surface area (Å²) in [7, 11) is 1.58. The number of methoxy groups -OCH3 is 1. The van der Waals surface area contributed by atoms with Crippen LogP contribution in [0.2, 0.25) is 0 Å². The van der Waals surface area contributed by atoms with Gasteiger partial charge in [0.1, 0.15) is 17.4 Å². The summed E-state index contributed by atoms with van der Waals surface area (Å²) >= 11 is 0. The molecule has 1 fully saturated rings. The lowest BCUT2D eigenvalue weighted by molar-refractivity contribution is -0.131. The van der Waals surface area contributed by atoms with E-state index in [1.807, 2.05) is 12.1 Å². The first-order valence-electron chi connectivity index (χ1n) is 8.63. The molecular weight excluding hydrogens is 354 g/mol. The molecule has 3 rings (SSSR count). The van der Waals surface area contributed by atoms with Gasteiger partial charge in [-0.05, 0) is 35.9 Å². The topological polar surface area (TPSA) is 49.9 Å². The largest absolute Gasteiger partial charge is 0.497 e. The van der Waals surface area contributed by atoms with Gasteiger partial charge in [-0.25, -0.2) is 8.78 Å². The lowest BCUT2D eigenvalue weighted by Gasteiger charge is -2.35. The molecule has 0 atom stereocenters. The van der Waals surface area contributed by atoms with Crippen LogP contribution in [0, 0.1) is 11.6 Å². The average Bonchev–Trinajstić information content (AvgIpc) is 2.70. The number of carbonyl (C=O) groups is 2. The zero-order valence-corrected chi connectivity index (χ0v) is 15.0. The van der Waals surface area contributed by atoms with Crippen LogP contribution in [0.1, 0.15) is 15.9 Å². The number of halogens is 2. The second kappa shape index (κ2) is 8.16. The van der Waals surface area contributed by atoms with Crippen molar-refractivity contribution in [3.05, 3.63) is 65.2 Å². The Bertz CT molecular complexity index is 832. The maximum Gasteiger partial charge on any atom is 0.257 e. The van der Waals surface area contributed by atoms with Crippen molar-refractivity contribution >= 4 is 11.8 Å². The summed E-state index contributed by atoms with van der Waals surface area (Å²) in [4.78, 5) is 28.0. The van der Waals surface area contributed by atoms with Crippen molar-refractivity contribution in [2.24, 2.45) is 0 Å². The molecular formula is C20H20F2N2O3. The molecule has 1 saturated heterocycles. The van der Waals surface area contributed by atoms with Crippen LogP contribution in [0.5, 0.6) is 5.75 Å². The molecule has 5 nitrogen and oxygen atoms in total. The zero-order valence-electron chi connectivity index (χ0n) is 15.0. The van der Waals surface area contributed by atoms with E-state index in [-0.39, 0.29) is 31.0 Å². The van der Waals surface area contributed by atoms with Crippen LogP contribution in [0.3, 0.4) is 0 Å². The maximum absolute atomic E-state index is 13.8. The number of amides is 2. The van der Waals surface area contributed by atoms with Crippen molar-refractivity contribution in [1.82, 2.24) is 9.80 Å². The van der Waals surface area contributed by atoms with Crippen molar-refractivity contribution in [3.8, 4) is 5.75 Å². The van der Waals surface area contributed by atoms with Crippen LogP contribution in [0.25, 0.3) is 0 Å². The summed E-state index contributed by atoms with van der Waals surface area (Å²) in [6, 6.07) is 10.1. The first kappa shape index (κ1) is 18.8. The van der Waals surface area contributed by atoms with Gasteiger partial charge in [0.15, 0.2) is 0 Å². The third kappa shape index (κ3) is 4.42. The van der Waals surface area contributed by atoms with Gasteiger partial charge in [0, 0.05) is 26.2 Å². The van der Waals surface area contributed by atoms with E-state index in [2.05, 4.69) is 0 Å². The Morgan fingerprint density at radius 1 is 0.963 bits per heavy atom. The second-order valence-electron chi connectivity index (χ2n) is 6.32. The van der Waals surface area contributed by atoms with Crippen LogP contribution in [-0.4, -0.2) is 54.9 Å². The SMILES string of the molecule is COc1ccc(CC(=O)N2CCN(C(=O)c3cc(F)ccc3F)CC2)cc1. The van der Waals surface area contributed by atoms with Gasteiger partial charge < -0.3 is 14.5 Å². The normalized spacial score (nSPS) is 14.2. The summed E-state index contributed by atoms with van der Waals surface area (Å²) in [5, 5.41) is 0. The Morgan fingerprint density at radius 2 is 1.59 bits per heavy atom. The number of nitrogens with zero attached hydrogens (tertiary/aromatic N) is 2. The van der Waals surface area contributed by atoms with Gasteiger partial charge in [0.25, 0.3) is 5.91 Å². The Labute approximate surface area is 156 Å². The first-order valence-corrected chi connectivity index (χ1v) is 8.63. The van der Waals surface area contributed by atoms with E-state index in [9.17, 15) is 18.4 Å². The van der Waals surface area contributed by atoms with Crippen molar-refractivity contribution < 1.29 is 23.1 Å². The molecule has 0 N–H and O–H groups in total. The maximum atomic E-state index is 13.8. The van der Waals surface area contributed by atoms with Gasteiger partial charge in [-0.2, -0.15) is 0 Å². The first-order chi connectivity index (χ1) is 13.0. The van der Waals surface area contributed by atoms with E-state index >= 15 is 0 Å². The highest BCUT2D eigenvalue weighted by molar-refractivity contribution is 5.94. The van der Waals surface area contributed by atoms with Crippen LogP contribution in [0.4, 0.5) is 8.78 Å². The molecule has 2 aromatic rings. The summed E-state index contributed by atoms with van der Waals surface area (Å²) in [5.41, 5.74) is 0.592. The molecule has 0 aromatic heterocycles. The standard InChI is InChI=1S/C20H20F2N2O3/c1-27-16-5-2-14(3-6-16)12-19(25)23-8-10-24(11-9-23)20(26)17-13-15(21)4-7-18(17)22/h2-7,13H,8-12H2,1H3. The highest BCUT2D eigenvalue weighted by atomic mass is 19.1. The number of benzene rings is 2. The Morgan fingerprint density at radius 3 is 2.22 bits per heavy atom. The fraction of sp³-hybridized carbons (Fsp3) is 0.300. The van der Waals surface area contributed by atoms with E-state index in [1.54, 1.807) is 24.1 Å². The lowest BCUT2D eigenvalue weighted by Crippen LogP contribution is -2.51. The highest BCUT2D eigenvalue weighted by Gasteiger charge is 2.26.